The van der Waals surface area contributed by atoms with Crippen LogP contribution >= 0.6 is 0 Å². The molecule has 0 bridgehead atoms. The van der Waals surface area contributed by atoms with E-state index in [1.165, 1.54) is 18.2 Å². The Labute approximate surface area is 197 Å². The first-order chi connectivity index (χ1) is 16.5. The molecule has 2 heterocycles. The fourth-order valence-electron chi connectivity index (χ4n) is 4.53. The number of nitrogens with zero attached hydrogens (tertiary/aromatic N) is 1. The number of phenols is 1. The monoisotopic (exact) mass is 459 g/mol. The van der Waals surface area contributed by atoms with E-state index >= 15 is 0 Å². The molecule has 5 nitrogen and oxygen atoms in total. The van der Waals surface area contributed by atoms with E-state index in [9.17, 15) is 14.3 Å². The van der Waals surface area contributed by atoms with Crippen LogP contribution in [0.25, 0.3) is 22.1 Å². The number of benzene rings is 3. The largest absolute Gasteiger partial charge is 0.508 e. The van der Waals surface area contributed by atoms with Gasteiger partial charge < -0.3 is 19.2 Å². The van der Waals surface area contributed by atoms with E-state index < -0.39 is 5.63 Å². The summed E-state index contributed by atoms with van der Waals surface area (Å²) in [5.41, 5.74) is 2.53. The van der Waals surface area contributed by atoms with Crippen LogP contribution in [0, 0.1) is 5.82 Å². The van der Waals surface area contributed by atoms with E-state index in [1.54, 1.807) is 24.3 Å². The van der Waals surface area contributed by atoms with Gasteiger partial charge in [0.2, 0.25) is 0 Å². The third-order valence-electron chi connectivity index (χ3n) is 6.40. The van der Waals surface area contributed by atoms with Gasteiger partial charge in [0.15, 0.2) is 0 Å². The van der Waals surface area contributed by atoms with Crippen LogP contribution in [-0.2, 0) is 6.42 Å². The molecule has 0 amide bonds. The first kappa shape index (κ1) is 22.2. The van der Waals surface area contributed by atoms with Crippen molar-refractivity contribution in [1.82, 2.24) is 4.90 Å². The van der Waals surface area contributed by atoms with Crippen LogP contribution in [0.5, 0.6) is 11.5 Å². The van der Waals surface area contributed by atoms with Crippen LogP contribution < -0.4 is 10.4 Å². The molecule has 5 rings (SSSR count). The summed E-state index contributed by atoms with van der Waals surface area (Å²) >= 11 is 0. The Morgan fingerprint density at radius 2 is 1.74 bits per heavy atom. The molecule has 0 unspecified atom stereocenters. The van der Waals surface area contributed by atoms with E-state index in [0.717, 1.165) is 48.2 Å². The number of halogens is 1. The summed E-state index contributed by atoms with van der Waals surface area (Å²) in [5.74, 6) is 0.478. The number of phenolic OH excluding ortho intramolecular Hbond substituents is 1. The van der Waals surface area contributed by atoms with Gasteiger partial charge in [-0.3, -0.25) is 0 Å². The Hall–Kier alpha value is -3.64. The van der Waals surface area contributed by atoms with Gasteiger partial charge in [-0.1, -0.05) is 24.3 Å². The molecule has 0 atom stereocenters. The van der Waals surface area contributed by atoms with Gasteiger partial charge >= 0.3 is 5.63 Å². The van der Waals surface area contributed by atoms with Crippen molar-refractivity contribution in [3.8, 4) is 22.6 Å². The van der Waals surface area contributed by atoms with Crippen molar-refractivity contribution in [3.05, 3.63) is 94.1 Å². The van der Waals surface area contributed by atoms with Crippen molar-refractivity contribution < 1.29 is 18.7 Å². The highest BCUT2D eigenvalue weighted by Gasteiger charge is 2.19. The Kier molecular flexibility index (Phi) is 6.07. The quantitative estimate of drug-likeness (QED) is 0.407. The predicted octanol–water partition coefficient (Wildman–Crippen LogP) is 5.37. The summed E-state index contributed by atoms with van der Waals surface area (Å²) in [4.78, 5) is 15.3. The van der Waals surface area contributed by atoms with Gasteiger partial charge in [0.1, 0.15) is 29.0 Å². The van der Waals surface area contributed by atoms with Crippen LogP contribution in [-0.4, -0.2) is 36.2 Å². The summed E-state index contributed by atoms with van der Waals surface area (Å²) in [6, 6.07) is 18.5. The second-order valence-electron chi connectivity index (χ2n) is 8.87. The zero-order chi connectivity index (χ0) is 23.7. The predicted molar refractivity (Wildman–Crippen MR) is 130 cm³/mol. The van der Waals surface area contributed by atoms with Crippen LogP contribution in [0.1, 0.15) is 24.0 Å². The lowest BCUT2D eigenvalue weighted by Gasteiger charge is -2.29. The van der Waals surface area contributed by atoms with Crippen LogP contribution in [0.3, 0.4) is 0 Å². The number of aromatic hydroxyl groups is 1. The first-order valence-corrected chi connectivity index (χ1v) is 11.4. The number of rotatable bonds is 5. The van der Waals surface area contributed by atoms with Gasteiger partial charge in [0, 0.05) is 24.5 Å². The zero-order valence-corrected chi connectivity index (χ0v) is 19.0. The lowest BCUT2D eigenvalue weighted by molar-refractivity contribution is 0.114. The van der Waals surface area contributed by atoms with Crippen molar-refractivity contribution >= 4 is 11.0 Å². The standard InChI is InChI=1S/C28H26FNO4/c1-30-14-12-23(13-15-30)33-22-9-2-18(3-10-22)16-25-24-11-8-21(31)17-26(24)34-28(32)27(25)19-4-6-20(29)7-5-19/h2-11,17,23,31H,12-16H2,1H3. The summed E-state index contributed by atoms with van der Waals surface area (Å²) in [5, 5.41) is 10.6. The molecule has 1 aliphatic heterocycles. The maximum absolute atomic E-state index is 13.5. The number of fused-ring (bicyclic) bond motifs is 1. The SMILES string of the molecule is CN1CCC(Oc2ccc(Cc3c(-c4ccc(F)cc4)c(=O)oc4cc(O)ccc34)cc2)CC1. The third kappa shape index (κ3) is 4.68. The van der Waals surface area contributed by atoms with Crippen molar-refractivity contribution in [2.75, 3.05) is 20.1 Å². The van der Waals surface area contributed by atoms with E-state index in [1.807, 2.05) is 24.3 Å². The highest BCUT2D eigenvalue weighted by Crippen LogP contribution is 2.32. The van der Waals surface area contributed by atoms with Gasteiger partial charge in [-0.05, 0) is 79.4 Å². The lowest BCUT2D eigenvalue weighted by atomic mass is 9.93. The summed E-state index contributed by atoms with van der Waals surface area (Å²) in [7, 11) is 2.13. The van der Waals surface area contributed by atoms with Gasteiger partial charge in [0.05, 0.1) is 5.56 Å². The number of hydrogen-bond acceptors (Lipinski definition) is 5. The maximum Gasteiger partial charge on any atom is 0.344 e. The average Bonchev–Trinajstić information content (AvgIpc) is 2.82. The normalized spacial score (nSPS) is 15.0. The zero-order valence-electron chi connectivity index (χ0n) is 19.0. The molecule has 1 aromatic heterocycles. The number of piperidine rings is 1. The van der Waals surface area contributed by atoms with Crippen molar-refractivity contribution in [1.29, 1.82) is 0 Å². The molecular weight excluding hydrogens is 433 g/mol. The number of ether oxygens (including phenoxy) is 1. The van der Waals surface area contributed by atoms with Crippen molar-refractivity contribution in [2.24, 2.45) is 0 Å². The second-order valence-corrected chi connectivity index (χ2v) is 8.87. The molecule has 0 spiro atoms. The van der Waals surface area contributed by atoms with Crippen LogP contribution in [0.2, 0.25) is 0 Å². The first-order valence-electron chi connectivity index (χ1n) is 11.4. The summed E-state index contributed by atoms with van der Waals surface area (Å²) in [6.07, 6.45) is 2.71. The third-order valence-corrected chi connectivity index (χ3v) is 6.40. The summed E-state index contributed by atoms with van der Waals surface area (Å²) < 4.78 is 25.2. The van der Waals surface area contributed by atoms with Gasteiger partial charge in [-0.15, -0.1) is 0 Å². The number of likely N-dealkylation sites (tertiary alicyclic amines) is 1. The summed E-state index contributed by atoms with van der Waals surface area (Å²) in [6.45, 7) is 2.07. The maximum atomic E-state index is 13.5. The van der Waals surface area contributed by atoms with Crippen molar-refractivity contribution in [2.45, 2.75) is 25.4 Å². The topological polar surface area (TPSA) is 62.9 Å². The van der Waals surface area contributed by atoms with Gasteiger partial charge in [-0.25, -0.2) is 9.18 Å². The van der Waals surface area contributed by atoms with E-state index in [-0.39, 0.29) is 17.7 Å². The smallest absolute Gasteiger partial charge is 0.344 e. The highest BCUT2D eigenvalue weighted by atomic mass is 19.1. The molecule has 6 heteroatoms. The van der Waals surface area contributed by atoms with Gasteiger partial charge in [-0.2, -0.15) is 0 Å². The molecule has 1 aliphatic rings. The molecule has 174 valence electrons. The molecule has 1 N–H and O–H groups in total. The minimum Gasteiger partial charge on any atom is -0.508 e. The highest BCUT2D eigenvalue weighted by molar-refractivity contribution is 5.88. The molecule has 0 radical (unpaired) electrons. The average molecular weight is 460 g/mol. The molecule has 3 aromatic carbocycles. The van der Waals surface area contributed by atoms with Crippen LogP contribution in [0.4, 0.5) is 4.39 Å². The molecule has 1 saturated heterocycles. The van der Waals surface area contributed by atoms with Crippen molar-refractivity contribution in [3.63, 3.8) is 0 Å². The second kappa shape index (κ2) is 9.31. The van der Waals surface area contributed by atoms with Crippen LogP contribution in [0.15, 0.2) is 75.9 Å². The Balaban J connectivity index is 1.49. The van der Waals surface area contributed by atoms with Gasteiger partial charge in [0.25, 0.3) is 0 Å². The Morgan fingerprint density at radius 1 is 1.03 bits per heavy atom. The Bertz CT molecular complexity index is 1350. The molecule has 4 aromatic rings. The minimum absolute atomic E-state index is 0.0199. The minimum atomic E-state index is -0.526. The lowest BCUT2D eigenvalue weighted by Crippen LogP contribution is -2.35. The Morgan fingerprint density at radius 3 is 2.44 bits per heavy atom. The van der Waals surface area contributed by atoms with E-state index in [0.29, 0.717) is 23.1 Å². The fourth-order valence-corrected chi connectivity index (χ4v) is 4.53. The molecule has 0 aliphatic carbocycles. The van der Waals surface area contributed by atoms with E-state index in [2.05, 4.69) is 11.9 Å². The molecule has 34 heavy (non-hydrogen) atoms. The molecular formula is C28H26FNO4. The number of hydrogen-bond donors (Lipinski definition) is 1. The molecule has 1 fully saturated rings. The molecule has 0 saturated carbocycles. The fraction of sp³-hybridized carbons (Fsp3) is 0.250. The van der Waals surface area contributed by atoms with E-state index in [4.69, 9.17) is 9.15 Å².